The molecule has 0 radical (unpaired) electrons. The highest BCUT2D eigenvalue weighted by atomic mass is 19.1. The number of amides is 3. The lowest BCUT2D eigenvalue weighted by Gasteiger charge is -2.28. The Kier molecular flexibility index (Phi) is 3.88. The van der Waals surface area contributed by atoms with E-state index in [9.17, 15) is 23.2 Å². The second-order valence-electron chi connectivity index (χ2n) is 4.71. The van der Waals surface area contributed by atoms with Gasteiger partial charge >= 0.3 is 0 Å². The molecule has 1 saturated heterocycles. The van der Waals surface area contributed by atoms with E-state index in [0.717, 1.165) is 11.0 Å². The smallest absolute Gasteiger partial charge is 0.254 e. The van der Waals surface area contributed by atoms with Crippen molar-refractivity contribution in [1.82, 2.24) is 10.2 Å². The maximum absolute atomic E-state index is 13.6. The molecule has 1 aliphatic rings. The molecule has 1 fully saturated rings. The normalized spacial score (nSPS) is 18.8. The summed E-state index contributed by atoms with van der Waals surface area (Å²) in [5.41, 5.74) is 4.46. The van der Waals surface area contributed by atoms with Gasteiger partial charge in [0.2, 0.25) is 5.91 Å². The molecule has 1 aromatic rings. The average molecular weight is 297 g/mol. The number of anilines is 1. The minimum atomic E-state index is -1.08. The van der Waals surface area contributed by atoms with Gasteiger partial charge in [-0.15, -0.1) is 0 Å². The Morgan fingerprint density at radius 3 is 2.67 bits per heavy atom. The number of halogens is 2. The number of nitrogen functional groups attached to an aromatic ring is 1. The molecule has 1 aliphatic heterocycles. The summed E-state index contributed by atoms with van der Waals surface area (Å²) in [7, 11) is 1.31. The van der Waals surface area contributed by atoms with Gasteiger partial charge in [-0.25, -0.2) is 8.78 Å². The molecule has 0 aliphatic carbocycles. The number of likely N-dealkylation sites (tertiary alicyclic amines) is 1. The molecule has 0 bridgehead atoms. The first-order valence-corrected chi connectivity index (χ1v) is 6.17. The summed E-state index contributed by atoms with van der Waals surface area (Å²) in [4.78, 5) is 36.0. The molecule has 2 rings (SSSR count). The molecule has 1 aromatic carbocycles. The molecule has 3 amide bonds. The summed E-state index contributed by atoms with van der Waals surface area (Å²) in [6.45, 7) is 0. The quantitative estimate of drug-likeness (QED) is 0.611. The number of carbonyl (C=O) groups is 3. The Labute approximate surface area is 118 Å². The predicted octanol–water partition coefficient (Wildman–Crippen LogP) is 0.424. The number of piperidine rings is 1. The minimum absolute atomic E-state index is 0.0984. The zero-order chi connectivity index (χ0) is 15.7. The fraction of sp³-hybridized carbons (Fsp3) is 0.308. The molecule has 1 unspecified atom stereocenters. The van der Waals surface area contributed by atoms with Crippen LogP contribution in [0.15, 0.2) is 12.1 Å². The predicted molar refractivity (Wildman–Crippen MR) is 69.0 cm³/mol. The monoisotopic (exact) mass is 297 g/mol. The third-order valence-corrected chi connectivity index (χ3v) is 3.29. The highest BCUT2D eigenvalue weighted by Crippen LogP contribution is 2.18. The molecular weight excluding hydrogens is 284 g/mol. The molecule has 1 heterocycles. The van der Waals surface area contributed by atoms with E-state index >= 15 is 0 Å². The standard InChI is InChI=1S/C13H13F2N3O3/c1-18-11(19)3-2-10(13(18)21)17-12(20)6-4-9(16)8(15)5-7(6)14/h4-5,10H,2-3,16H2,1H3,(H,17,20). The summed E-state index contributed by atoms with van der Waals surface area (Å²) >= 11 is 0. The van der Waals surface area contributed by atoms with Crippen LogP contribution in [0.1, 0.15) is 23.2 Å². The zero-order valence-corrected chi connectivity index (χ0v) is 11.2. The van der Waals surface area contributed by atoms with Gasteiger partial charge in [-0.2, -0.15) is 0 Å². The maximum Gasteiger partial charge on any atom is 0.254 e. The number of nitrogens with zero attached hydrogens (tertiary/aromatic N) is 1. The number of rotatable bonds is 2. The Morgan fingerprint density at radius 1 is 1.33 bits per heavy atom. The SMILES string of the molecule is CN1C(=O)CCC(NC(=O)c2cc(N)c(F)cc2F)C1=O. The third kappa shape index (κ3) is 2.83. The van der Waals surface area contributed by atoms with E-state index in [1.807, 2.05) is 0 Å². The molecule has 3 N–H and O–H groups in total. The highest BCUT2D eigenvalue weighted by molar-refractivity contribution is 6.03. The second-order valence-corrected chi connectivity index (χ2v) is 4.71. The van der Waals surface area contributed by atoms with Crippen LogP contribution in [0.25, 0.3) is 0 Å². The van der Waals surface area contributed by atoms with Crippen LogP contribution in [-0.4, -0.2) is 35.7 Å². The van der Waals surface area contributed by atoms with Gasteiger partial charge in [0, 0.05) is 19.5 Å². The highest BCUT2D eigenvalue weighted by Gasteiger charge is 2.33. The number of nitrogens with one attached hydrogen (secondary N) is 1. The van der Waals surface area contributed by atoms with Gasteiger partial charge in [-0.3, -0.25) is 19.3 Å². The van der Waals surface area contributed by atoms with Crippen LogP contribution in [0.3, 0.4) is 0 Å². The molecule has 0 aromatic heterocycles. The van der Waals surface area contributed by atoms with E-state index < -0.39 is 35.1 Å². The van der Waals surface area contributed by atoms with Gasteiger partial charge in [0.15, 0.2) is 0 Å². The van der Waals surface area contributed by atoms with Crippen LogP contribution < -0.4 is 11.1 Å². The Hall–Kier alpha value is -2.51. The first kappa shape index (κ1) is 14.9. The van der Waals surface area contributed by atoms with Gasteiger partial charge in [-0.05, 0) is 12.5 Å². The van der Waals surface area contributed by atoms with Crippen molar-refractivity contribution in [3.8, 4) is 0 Å². The Morgan fingerprint density at radius 2 is 2.00 bits per heavy atom. The molecule has 8 heteroatoms. The van der Waals surface area contributed by atoms with Crippen molar-refractivity contribution in [2.75, 3.05) is 12.8 Å². The molecular formula is C13H13F2N3O3. The summed E-state index contributed by atoms with van der Waals surface area (Å²) in [6.07, 6.45) is 0.229. The second kappa shape index (κ2) is 5.47. The van der Waals surface area contributed by atoms with Gasteiger partial charge in [0.1, 0.15) is 17.7 Å². The summed E-state index contributed by atoms with van der Waals surface area (Å²) in [5, 5.41) is 2.32. The number of likely N-dealkylation sites (N-methyl/N-ethyl adjacent to an activating group) is 1. The van der Waals surface area contributed by atoms with E-state index in [0.29, 0.717) is 6.07 Å². The number of carbonyl (C=O) groups excluding carboxylic acids is 3. The van der Waals surface area contributed by atoms with Crippen molar-refractivity contribution in [2.24, 2.45) is 0 Å². The number of benzene rings is 1. The molecule has 21 heavy (non-hydrogen) atoms. The van der Waals surface area contributed by atoms with E-state index in [-0.39, 0.29) is 24.4 Å². The van der Waals surface area contributed by atoms with Crippen LogP contribution in [0, 0.1) is 11.6 Å². The van der Waals surface area contributed by atoms with Crippen LogP contribution in [0.5, 0.6) is 0 Å². The van der Waals surface area contributed by atoms with Crippen molar-refractivity contribution in [3.63, 3.8) is 0 Å². The average Bonchev–Trinajstić information content (AvgIpc) is 2.43. The van der Waals surface area contributed by atoms with Gasteiger partial charge in [0.05, 0.1) is 11.3 Å². The molecule has 1 atom stereocenters. The van der Waals surface area contributed by atoms with Crippen LogP contribution >= 0.6 is 0 Å². The fourth-order valence-corrected chi connectivity index (χ4v) is 2.03. The lowest BCUT2D eigenvalue weighted by Crippen LogP contribution is -2.53. The Bertz CT molecular complexity index is 633. The number of hydrogen-bond acceptors (Lipinski definition) is 4. The van der Waals surface area contributed by atoms with E-state index in [4.69, 9.17) is 5.73 Å². The summed E-state index contributed by atoms with van der Waals surface area (Å²) in [6, 6.07) is 0.441. The number of hydrogen-bond donors (Lipinski definition) is 2. The van der Waals surface area contributed by atoms with Gasteiger partial charge in [-0.1, -0.05) is 0 Å². The molecule has 112 valence electrons. The molecule has 6 nitrogen and oxygen atoms in total. The van der Waals surface area contributed by atoms with Crippen molar-refractivity contribution < 1.29 is 23.2 Å². The minimum Gasteiger partial charge on any atom is -0.396 e. The molecule has 0 saturated carbocycles. The van der Waals surface area contributed by atoms with E-state index in [1.54, 1.807) is 0 Å². The summed E-state index contributed by atoms with van der Waals surface area (Å²) in [5.74, 6) is -3.85. The lowest BCUT2D eigenvalue weighted by atomic mass is 10.0. The van der Waals surface area contributed by atoms with E-state index in [2.05, 4.69) is 5.32 Å². The number of imide groups is 1. The summed E-state index contributed by atoms with van der Waals surface area (Å²) < 4.78 is 26.6. The first-order chi connectivity index (χ1) is 9.81. The first-order valence-electron chi connectivity index (χ1n) is 6.17. The maximum atomic E-state index is 13.6. The Balaban J connectivity index is 2.17. The largest absolute Gasteiger partial charge is 0.396 e. The molecule has 0 spiro atoms. The van der Waals surface area contributed by atoms with Crippen molar-refractivity contribution in [1.29, 1.82) is 0 Å². The van der Waals surface area contributed by atoms with Gasteiger partial charge in [0.25, 0.3) is 11.8 Å². The van der Waals surface area contributed by atoms with Crippen molar-refractivity contribution in [3.05, 3.63) is 29.3 Å². The van der Waals surface area contributed by atoms with Crippen molar-refractivity contribution in [2.45, 2.75) is 18.9 Å². The van der Waals surface area contributed by atoms with Crippen LogP contribution in [0.2, 0.25) is 0 Å². The third-order valence-electron chi connectivity index (χ3n) is 3.29. The van der Waals surface area contributed by atoms with Crippen LogP contribution in [-0.2, 0) is 9.59 Å². The fourth-order valence-electron chi connectivity index (χ4n) is 2.03. The number of nitrogens with two attached hydrogens (primary N) is 1. The van der Waals surface area contributed by atoms with E-state index in [1.165, 1.54) is 7.05 Å². The topological polar surface area (TPSA) is 92.5 Å². The van der Waals surface area contributed by atoms with Crippen LogP contribution in [0.4, 0.5) is 14.5 Å². The zero-order valence-electron chi connectivity index (χ0n) is 11.2. The van der Waals surface area contributed by atoms with Crippen molar-refractivity contribution >= 4 is 23.4 Å². The van der Waals surface area contributed by atoms with Gasteiger partial charge < -0.3 is 11.1 Å². The lowest BCUT2D eigenvalue weighted by molar-refractivity contribution is -0.147.